The number of nitrogens with zero attached hydrogens (tertiary/aromatic N) is 2. The molecule has 0 saturated carbocycles. The van der Waals surface area contributed by atoms with Gasteiger partial charge in [0.1, 0.15) is 21.9 Å². The number of aryl methyl sites for hydroxylation is 1. The number of esters is 1. The Bertz CT molecular complexity index is 952. The molecule has 0 aliphatic heterocycles. The molecule has 3 aromatic rings. The summed E-state index contributed by atoms with van der Waals surface area (Å²) in [6.07, 6.45) is 1.45. The number of anilines is 2. The van der Waals surface area contributed by atoms with E-state index in [0.717, 1.165) is 10.9 Å². The fourth-order valence-corrected chi connectivity index (χ4v) is 4.00. The Labute approximate surface area is 165 Å². The Morgan fingerprint density at radius 2 is 1.92 bits per heavy atom. The summed E-state index contributed by atoms with van der Waals surface area (Å²) in [6, 6.07) is 5.16. The molecule has 0 radical (unpaired) electrons. The van der Waals surface area contributed by atoms with Crippen molar-refractivity contribution in [3.05, 3.63) is 45.0 Å². The second-order valence-electron chi connectivity index (χ2n) is 6.23. The number of halogens is 2. The molecule has 0 aliphatic rings. The molecule has 26 heavy (non-hydrogen) atoms. The third-order valence-electron chi connectivity index (χ3n) is 3.59. The maximum atomic E-state index is 12.4. The summed E-state index contributed by atoms with van der Waals surface area (Å²) in [4.78, 5) is 22.2. The summed E-state index contributed by atoms with van der Waals surface area (Å²) in [6.45, 7) is 6.23. The van der Waals surface area contributed by atoms with E-state index >= 15 is 0 Å². The molecule has 0 spiro atoms. The van der Waals surface area contributed by atoms with Crippen LogP contribution < -0.4 is 5.32 Å². The van der Waals surface area contributed by atoms with E-state index in [-0.39, 0.29) is 11.9 Å². The average Bonchev–Trinajstić information content (AvgIpc) is 2.90. The van der Waals surface area contributed by atoms with Gasteiger partial charge in [0.25, 0.3) is 0 Å². The van der Waals surface area contributed by atoms with Crippen LogP contribution in [-0.4, -0.2) is 22.5 Å². The summed E-state index contributed by atoms with van der Waals surface area (Å²) in [5.41, 5.74) is 1.49. The van der Waals surface area contributed by atoms with Crippen LogP contribution in [0, 0.1) is 12.8 Å². The molecule has 1 N–H and O–H groups in total. The predicted molar refractivity (Wildman–Crippen MR) is 107 cm³/mol. The molecule has 0 bridgehead atoms. The Morgan fingerprint density at radius 1 is 1.23 bits per heavy atom. The Hall–Kier alpha value is -1.89. The van der Waals surface area contributed by atoms with Gasteiger partial charge in [-0.05, 0) is 36.6 Å². The zero-order valence-electron chi connectivity index (χ0n) is 14.5. The molecule has 0 atom stereocenters. The highest BCUT2D eigenvalue weighted by Gasteiger charge is 2.21. The number of benzene rings is 1. The first kappa shape index (κ1) is 18.9. The van der Waals surface area contributed by atoms with Crippen molar-refractivity contribution in [3.8, 4) is 0 Å². The molecule has 1 aromatic carbocycles. The summed E-state index contributed by atoms with van der Waals surface area (Å²) in [5.74, 6) is 0.527. The fourth-order valence-electron chi connectivity index (χ4n) is 2.43. The van der Waals surface area contributed by atoms with Gasteiger partial charge in [-0.15, -0.1) is 11.3 Å². The topological polar surface area (TPSA) is 64.1 Å². The van der Waals surface area contributed by atoms with Gasteiger partial charge in [-0.3, -0.25) is 0 Å². The van der Waals surface area contributed by atoms with Crippen molar-refractivity contribution in [1.82, 2.24) is 9.97 Å². The Balaban J connectivity index is 1.98. The molecule has 2 heterocycles. The lowest BCUT2D eigenvalue weighted by Gasteiger charge is -2.09. The molecule has 136 valence electrons. The standard InChI is InChI=1S/C18H17Cl2N3O2S/c1-9(2)7-25-18(24)15-10(3)14-16(21-8-22-17(14)26-15)23-13-5-11(19)4-12(20)6-13/h4-6,8-9H,7H2,1-3H3,(H,21,22,23). The van der Waals surface area contributed by atoms with Crippen molar-refractivity contribution >= 4 is 62.2 Å². The minimum absolute atomic E-state index is 0.276. The lowest BCUT2D eigenvalue weighted by atomic mass is 10.2. The zero-order chi connectivity index (χ0) is 18.8. The molecular weight excluding hydrogens is 393 g/mol. The quantitative estimate of drug-likeness (QED) is 0.534. The molecule has 0 saturated heterocycles. The van der Waals surface area contributed by atoms with Crippen molar-refractivity contribution in [2.45, 2.75) is 20.8 Å². The van der Waals surface area contributed by atoms with Gasteiger partial charge in [-0.2, -0.15) is 0 Å². The van der Waals surface area contributed by atoms with E-state index in [4.69, 9.17) is 27.9 Å². The Kier molecular flexibility index (Phi) is 5.65. The van der Waals surface area contributed by atoms with Crippen LogP contribution in [0.25, 0.3) is 10.2 Å². The van der Waals surface area contributed by atoms with Gasteiger partial charge >= 0.3 is 5.97 Å². The predicted octanol–water partition coefficient (Wildman–Crippen LogP) is 5.86. The van der Waals surface area contributed by atoms with E-state index in [1.165, 1.54) is 17.7 Å². The summed E-state index contributed by atoms with van der Waals surface area (Å²) in [5, 5.41) is 5.03. The van der Waals surface area contributed by atoms with E-state index in [9.17, 15) is 4.79 Å². The number of rotatable bonds is 5. The van der Waals surface area contributed by atoms with Crippen LogP contribution in [0.15, 0.2) is 24.5 Å². The largest absolute Gasteiger partial charge is 0.461 e. The highest BCUT2D eigenvalue weighted by atomic mass is 35.5. The van der Waals surface area contributed by atoms with Crippen LogP contribution >= 0.6 is 34.5 Å². The lowest BCUT2D eigenvalue weighted by Crippen LogP contribution is -2.09. The van der Waals surface area contributed by atoms with Gasteiger partial charge in [0, 0.05) is 15.7 Å². The van der Waals surface area contributed by atoms with Gasteiger partial charge in [0.2, 0.25) is 0 Å². The number of nitrogens with one attached hydrogen (secondary N) is 1. The van der Waals surface area contributed by atoms with Crippen LogP contribution in [0.4, 0.5) is 11.5 Å². The molecule has 3 rings (SSSR count). The van der Waals surface area contributed by atoms with E-state index in [1.807, 2.05) is 20.8 Å². The highest BCUT2D eigenvalue weighted by molar-refractivity contribution is 7.20. The Morgan fingerprint density at radius 3 is 2.58 bits per heavy atom. The van der Waals surface area contributed by atoms with Crippen LogP contribution in [0.5, 0.6) is 0 Å². The van der Waals surface area contributed by atoms with Gasteiger partial charge < -0.3 is 10.1 Å². The maximum Gasteiger partial charge on any atom is 0.348 e. The number of fused-ring (bicyclic) bond motifs is 1. The monoisotopic (exact) mass is 409 g/mol. The second kappa shape index (κ2) is 7.78. The summed E-state index contributed by atoms with van der Waals surface area (Å²) in [7, 11) is 0. The van der Waals surface area contributed by atoms with Gasteiger partial charge in [0.05, 0.1) is 12.0 Å². The number of carbonyl (C=O) groups excluding carboxylic acids is 1. The first-order valence-corrected chi connectivity index (χ1v) is 9.56. The molecule has 0 aliphatic carbocycles. The fraction of sp³-hybridized carbons (Fsp3) is 0.278. The first-order chi connectivity index (χ1) is 12.3. The molecule has 0 amide bonds. The third kappa shape index (κ3) is 4.09. The number of hydrogen-bond acceptors (Lipinski definition) is 6. The van der Waals surface area contributed by atoms with Crippen LogP contribution in [0.2, 0.25) is 10.0 Å². The summed E-state index contributed by atoms with van der Waals surface area (Å²) >= 11 is 13.4. The maximum absolute atomic E-state index is 12.4. The van der Waals surface area contributed by atoms with Crippen molar-refractivity contribution < 1.29 is 9.53 Å². The van der Waals surface area contributed by atoms with Gasteiger partial charge in [-0.1, -0.05) is 37.0 Å². The number of thiophene rings is 1. The highest BCUT2D eigenvalue weighted by Crippen LogP contribution is 2.35. The van der Waals surface area contributed by atoms with Crippen molar-refractivity contribution in [2.24, 2.45) is 5.92 Å². The zero-order valence-corrected chi connectivity index (χ0v) is 16.8. The lowest BCUT2D eigenvalue weighted by molar-refractivity contribution is 0.0464. The van der Waals surface area contributed by atoms with E-state index in [0.29, 0.717) is 37.9 Å². The van der Waals surface area contributed by atoms with E-state index in [1.54, 1.807) is 18.2 Å². The van der Waals surface area contributed by atoms with Crippen molar-refractivity contribution in [3.63, 3.8) is 0 Å². The smallest absolute Gasteiger partial charge is 0.348 e. The van der Waals surface area contributed by atoms with Crippen LogP contribution in [-0.2, 0) is 4.74 Å². The molecular formula is C18H17Cl2N3O2S. The molecule has 0 fully saturated rings. The summed E-state index contributed by atoms with van der Waals surface area (Å²) < 4.78 is 5.36. The minimum Gasteiger partial charge on any atom is -0.461 e. The SMILES string of the molecule is Cc1c(C(=O)OCC(C)C)sc2ncnc(Nc3cc(Cl)cc(Cl)c3)c12. The molecule has 8 heteroatoms. The average molecular weight is 410 g/mol. The number of ether oxygens (including phenoxy) is 1. The van der Waals surface area contributed by atoms with Gasteiger partial charge in [0.15, 0.2) is 0 Å². The third-order valence-corrected chi connectivity index (χ3v) is 5.20. The molecule has 5 nitrogen and oxygen atoms in total. The first-order valence-electron chi connectivity index (χ1n) is 7.99. The van der Waals surface area contributed by atoms with E-state index in [2.05, 4.69) is 15.3 Å². The molecule has 0 unspecified atom stereocenters. The van der Waals surface area contributed by atoms with Gasteiger partial charge in [-0.25, -0.2) is 14.8 Å². The molecule has 2 aromatic heterocycles. The van der Waals surface area contributed by atoms with Crippen molar-refractivity contribution in [2.75, 3.05) is 11.9 Å². The normalized spacial score (nSPS) is 11.2. The number of carbonyl (C=O) groups is 1. The second-order valence-corrected chi connectivity index (χ2v) is 8.11. The van der Waals surface area contributed by atoms with Crippen molar-refractivity contribution in [1.29, 1.82) is 0 Å². The van der Waals surface area contributed by atoms with E-state index < -0.39 is 0 Å². The number of aromatic nitrogens is 2. The van der Waals surface area contributed by atoms with Crippen LogP contribution in [0.3, 0.4) is 0 Å². The minimum atomic E-state index is -0.337. The van der Waals surface area contributed by atoms with Crippen LogP contribution in [0.1, 0.15) is 29.1 Å². The number of hydrogen-bond donors (Lipinski definition) is 1.